The Labute approximate surface area is 204 Å². The second-order valence-electron chi connectivity index (χ2n) is 10.1. The Kier molecular flexibility index (Phi) is 6.70. The molecule has 0 radical (unpaired) electrons. The monoisotopic (exact) mass is 487 g/mol. The molecule has 5 rings (SSSR count). The molecule has 2 aromatic carbocycles. The molecule has 1 atom stereocenters. The third-order valence-corrected chi connectivity index (χ3v) is 8.17. The maximum absolute atomic E-state index is 14.2. The highest BCUT2D eigenvalue weighted by Gasteiger charge is 2.53. The number of hydrogen-bond acceptors (Lipinski definition) is 3. The Hall–Kier alpha value is -2.34. The van der Waals surface area contributed by atoms with Gasteiger partial charge in [0.15, 0.2) is 11.6 Å². The Morgan fingerprint density at radius 1 is 0.912 bits per heavy atom. The van der Waals surface area contributed by atoms with Gasteiger partial charge in [-0.15, -0.1) is 0 Å². The average molecular weight is 488 g/mol. The van der Waals surface area contributed by atoms with E-state index in [2.05, 4.69) is 16.0 Å². The fraction of sp³-hybridized carbons (Fsp3) is 0.519. The summed E-state index contributed by atoms with van der Waals surface area (Å²) >= 11 is 6.72. The predicted molar refractivity (Wildman–Crippen MR) is 132 cm³/mol. The van der Waals surface area contributed by atoms with Crippen molar-refractivity contribution in [3.8, 4) is 0 Å². The fourth-order valence-corrected chi connectivity index (χ4v) is 6.50. The molecule has 2 aliphatic carbocycles. The Bertz CT molecular complexity index is 1020. The van der Waals surface area contributed by atoms with Crippen molar-refractivity contribution < 1.29 is 13.6 Å². The number of anilines is 2. The molecule has 34 heavy (non-hydrogen) atoms. The lowest BCUT2D eigenvalue weighted by atomic mass is 9.71. The first-order valence-corrected chi connectivity index (χ1v) is 13.0. The Balaban J connectivity index is 1.60. The van der Waals surface area contributed by atoms with Crippen molar-refractivity contribution in [3.05, 3.63) is 58.6 Å². The molecule has 3 aliphatic rings. The second-order valence-corrected chi connectivity index (χ2v) is 10.5. The van der Waals surface area contributed by atoms with Gasteiger partial charge in [-0.05, 0) is 37.7 Å². The van der Waals surface area contributed by atoms with Crippen LogP contribution in [0.25, 0.3) is 0 Å². The fourth-order valence-electron chi connectivity index (χ4n) is 6.22. The highest BCUT2D eigenvalue weighted by molar-refractivity contribution is 6.31. The second kappa shape index (κ2) is 9.73. The number of amides is 1. The van der Waals surface area contributed by atoms with Crippen LogP contribution in [0.5, 0.6) is 0 Å². The Morgan fingerprint density at radius 3 is 2.06 bits per heavy atom. The van der Waals surface area contributed by atoms with Crippen molar-refractivity contribution in [3.63, 3.8) is 0 Å². The first kappa shape index (κ1) is 23.4. The minimum atomic E-state index is -1.11. The Morgan fingerprint density at radius 2 is 1.47 bits per heavy atom. The van der Waals surface area contributed by atoms with Crippen LogP contribution in [-0.2, 0) is 10.5 Å². The van der Waals surface area contributed by atoms with Crippen LogP contribution in [0.4, 0.5) is 20.2 Å². The van der Waals surface area contributed by atoms with Crippen LogP contribution in [0.2, 0.25) is 5.02 Å². The van der Waals surface area contributed by atoms with E-state index in [4.69, 9.17) is 11.6 Å². The van der Waals surface area contributed by atoms with Crippen LogP contribution in [0.3, 0.4) is 0 Å². The summed E-state index contributed by atoms with van der Waals surface area (Å²) in [5.41, 5.74) is 0.472. The molecule has 0 unspecified atom stereocenters. The number of rotatable bonds is 5. The number of nitrogens with one attached hydrogen (secondary N) is 3. The smallest absolute Gasteiger partial charge is 0.228 e. The maximum atomic E-state index is 14.2. The largest absolute Gasteiger partial charge is 0.357 e. The molecule has 0 bridgehead atoms. The quantitative estimate of drug-likeness (QED) is 0.427. The third kappa shape index (κ3) is 4.37. The number of hydrogen-bond donors (Lipinski definition) is 3. The lowest BCUT2D eigenvalue weighted by Crippen LogP contribution is -2.57. The summed E-state index contributed by atoms with van der Waals surface area (Å²) in [5.74, 6) is -2.27. The molecule has 182 valence electrons. The first-order valence-electron chi connectivity index (χ1n) is 12.6. The van der Waals surface area contributed by atoms with E-state index in [1.807, 2.05) is 18.2 Å². The van der Waals surface area contributed by atoms with E-state index in [-0.39, 0.29) is 17.9 Å². The van der Waals surface area contributed by atoms with Crippen LogP contribution >= 0.6 is 11.6 Å². The van der Waals surface area contributed by atoms with Crippen molar-refractivity contribution in [2.75, 3.05) is 10.6 Å². The molecule has 2 fully saturated rings. The SMILES string of the molecule is O=C(NC1CCCCC1)[C@@H](C1CCCCC1)C1(c2ccccc2Cl)Nc2cc(F)c(F)cc2N1. The molecular weight excluding hydrogens is 456 g/mol. The van der Waals surface area contributed by atoms with Crippen LogP contribution in [0, 0.1) is 23.5 Å². The number of benzene rings is 2. The highest BCUT2D eigenvalue weighted by atomic mass is 35.5. The topological polar surface area (TPSA) is 53.2 Å². The van der Waals surface area contributed by atoms with Gasteiger partial charge in [0.05, 0.1) is 17.3 Å². The van der Waals surface area contributed by atoms with E-state index in [0.717, 1.165) is 69.9 Å². The summed E-state index contributed by atoms with van der Waals surface area (Å²) in [5, 5.41) is 10.7. The molecule has 3 N–H and O–H groups in total. The van der Waals surface area contributed by atoms with E-state index in [9.17, 15) is 13.6 Å². The number of halogens is 3. The lowest BCUT2D eigenvalue weighted by molar-refractivity contribution is -0.130. The van der Waals surface area contributed by atoms with E-state index < -0.39 is 23.2 Å². The van der Waals surface area contributed by atoms with Gasteiger partial charge in [0.2, 0.25) is 5.91 Å². The van der Waals surface area contributed by atoms with Crippen LogP contribution in [-0.4, -0.2) is 11.9 Å². The highest BCUT2D eigenvalue weighted by Crippen LogP contribution is 2.50. The normalized spacial score (nSPS) is 21.3. The summed E-state index contributed by atoms with van der Waals surface area (Å²) in [4.78, 5) is 14.1. The van der Waals surface area contributed by atoms with Crippen molar-refractivity contribution in [1.29, 1.82) is 0 Å². The summed E-state index contributed by atoms with van der Waals surface area (Å²) < 4.78 is 28.4. The van der Waals surface area contributed by atoms with Crippen molar-refractivity contribution in [2.24, 2.45) is 11.8 Å². The summed E-state index contributed by atoms with van der Waals surface area (Å²) in [6.07, 6.45) is 10.6. The summed E-state index contributed by atoms with van der Waals surface area (Å²) in [7, 11) is 0. The van der Waals surface area contributed by atoms with E-state index in [0.29, 0.717) is 22.0 Å². The molecule has 1 amide bonds. The van der Waals surface area contributed by atoms with Gasteiger partial charge in [0.1, 0.15) is 5.66 Å². The van der Waals surface area contributed by atoms with Gasteiger partial charge in [-0.1, -0.05) is 68.3 Å². The van der Waals surface area contributed by atoms with Crippen LogP contribution in [0.1, 0.15) is 69.8 Å². The molecule has 1 aliphatic heterocycles. The third-order valence-electron chi connectivity index (χ3n) is 7.84. The van der Waals surface area contributed by atoms with Crippen molar-refractivity contribution >= 4 is 28.9 Å². The molecule has 2 aromatic rings. The molecule has 4 nitrogen and oxygen atoms in total. The molecule has 0 spiro atoms. The zero-order chi connectivity index (χ0) is 23.7. The van der Waals surface area contributed by atoms with Crippen molar-refractivity contribution in [2.45, 2.75) is 75.9 Å². The first-order chi connectivity index (χ1) is 16.5. The van der Waals surface area contributed by atoms with E-state index in [1.54, 1.807) is 6.07 Å². The van der Waals surface area contributed by atoms with Gasteiger partial charge in [0, 0.05) is 28.8 Å². The minimum absolute atomic E-state index is 0.0209. The number of fused-ring (bicyclic) bond motifs is 1. The van der Waals surface area contributed by atoms with Gasteiger partial charge in [-0.2, -0.15) is 0 Å². The zero-order valence-corrected chi connectivity index (χ0v) is 20.1. The van der Waals surface area contributed by atoms with Crippen LogP contribution in [0.15, 0.2) is 36.4 Å². The number of carbonyl (C=O) groups is 1. The molecule has 2 saturated carbocycles. The zero-order valence-electron chi connectivity index (χ0n) is 19.3. The van der Waals surface area contributed by atoms with E-state index in [1.165, 1.54) is 6.42 Å². The van der Waals surface area contributed by atoms with Gasteiger partial charge < -0.3 is 16.0 Å². The van der Waals surface area contributed by atoms with Gasteiger partial charge in [0.25, 0.3) is 0 Å². The van der Waals surface area contributed by atoms with Crippen LogP contribution < -0.4 is 16.0 Å². The molecule has 1 heterocycles. The molecular formula is C27H32ClF2N3O. The minimum Gasteiger partial charge on any atom is -0.357 e. The summed E-state index contributed by atoms with van der Waals surface area (Å²) in [6.45, 7) is 0. The van der Waals surface area contributed by atoms with E-state index >= 15 is 0 Å². The molecule has 0 aromatic heterocycles. The van der Waals surface area contributed by atoms with Crippen molar-refractivity contribution in [1.82, 2.24) is 5.32 Å². The lowest BCUT2D eigenvalue weighted by Gasteiger charge is -2.44. The predicted octanol–water partition coefficient (Wildman–Crippen LogP) is 6.95. The van der Waals surface area contributed by atoms with Gasteiger partial charge in [-0.3, -0.25) is 4.79 Å². The summed E-state index contributed by atoms with van der Waals surface area (Å²) in [6, 6.07) is 9.90. The number of carbonyl (C=O) groups excluding carboxylic acids is 1. The molecule has 7 heteroatoms. The van der Waals surface area contributed by atoms with Gasteiger partial charge in [-0.25, -0.2) is 8.78 Å². The van der Waals surface area contributed by atoms with Gasteiger partial charge >= 0.3 is 0 Å². The maximum Gasteiger partial charge on any atom is 0.228 e. The standard InChI is InChI=1S/C27H32ClF2N3O/c28-20-14-8-7-13-19(20)27(32-23-15-21(29)22(30)16-24(23)33-27)25(17-9-3-1-4-10-17)26(34)31-18-11-5-2-6-12-18/h7-8,13-18,25,32-33H,1-6,9-12H2,(H,31,34)/t25-/m1/s1. The average Bonchev–Trinajstić information content (AvgIpc) is 3.19. The molecule has 0 saturated heterocycles.